The van der Waals surface area contributed by atoms with Gasteiger partial charge in [0, 0.05) is 11.8 Å². The second-order valence-corrected chi connectivity index (χ2v) is 3.02. The Morgan fingerprint density at radius 1 is 1.89 bits per heavy atom. The molecule has 50 valence electrons. The molecule has 0 N–H and O–H groups in total. The second kappa shape index (κ2) is 1.69. The van der Waals surface area contributed by atoms with Gasteiger partial charge in [-0.15, -0.1) is 6.58 Å². The van der Waals surface area contributed by atoms with Gasteiger partial charge in [0.25, 0.3) is 0 Å². The zero-order valence-corrected chi connectivity index (χ0v) is 5.98. The fourth-order valence-electron chi connectivity index (χ4n) is 1.17. The maximum atomic E-state index is 10.9. The van der Waals surface area contributed by atoms with Crippen molar-refractivity contribution in [3.05, 3.63) is 12.7 Å². The van der Waals surface area contributed by atoms with Gasteiger partial charge in [0.05, 0.1) is 0 Å². The first kappa shape index (κ1) is 6.53. The third-order valence-corrected chi connectivity index (χ3v) is 2.54. The monoisotopic (exact) mass is 124 g/mol. The summed E-state index contributed by atoms with van der Waals surface area (Å²) in [5, 5.41) is 0. The van der Waals surface area contributed by atoms with E-state index >= 15 is 0 Å². The van der Waals surface area contributed by atoms with E-state index in [1.54, 1.807) is 6.08 Å². The number of rotatable bonds is 1. The smallest absolute Gasteiger partial charge is 0.143 e. The van der Waals surface area contributed by atoms with E-state index in [9.17, 15) is 4.79 Å². The van der Waals surface area contributed by atoms with E-state index in [0.29, 0.717) is 11.7 Å². The third kappa shape index (κ3) is 0.640. The van der Waals surface area contributed by atoms with Crippen molar-refractivity contribution in [2.75, 3.05) is 0 Å². The lowest BCUT2D eigenvalue weighted by molar-refractivity contribution is -0.138. The minimum absolute atomic E-state index is 0.194. The van der Waals surface area contributed by atoms with E-state index in [2.05, 4.69) is 13.5 Å². The molecule has 0 heterocycles. The molecule has 0 aromatic rings. The summed E-state index contributed by atoms with van der Waals surface area (Å²) >= 11 is 0. The molecule has 0 saturated heterocycles. The summed E-state index contributed by atoms with van der Waals surface area (Å²) in [5.41, 5.74) is -0.194. The first-order valence-corrected chi connectivity index (χ1v) is 3.28. The highest BCUT2D eigenvalue weighted by Crippen LogP contribution is 2.43. The van der Waals surface area contributed by atoms with Gasteiger partial charge in [0.2, 0.25) is 0 Å². The molecular weight excluding hydrogens is 112 g/mol. The molecule has 0 aromatic carbocycles. The topological polar surface area (TPSA) is 17.1 Å². The number of carbonyl (C=O) groups is 1. The lowest BCUT2D eigenvalue weighted by Gasteiger charge is -2.40. The van der Waals surface area contributed by atoms with Crippen LogP contribution in [0.2, 0.25) is 0 Å². The maximum absolute atomic E-state index is 10.9. The van der Waals surface area contributed by atoms with Gasteiger partial charge in [-0.1, -0.05) is 13.0 Å². The first-order chi connectivity index (χ1) is 4.11. The summed E-state index contributed by atoms with van der Waals surface area (Å²) < 4.78 is 0. The molecule has 1 aliphatic rings. The van der Waals surface area contributed by atoms with Gasteiger partial charge >= 0.3 is 0 Å². The lowest BCUT2D eigenvalue weighted by atomic mass is 9.61. The number of hydrogen-bond donors (Lipinski definition) is 0. The van der Waals surface area contributed by atoms with Crippen LogP contribution in [0.1, 0.15) is 20.3 Å². The Morgan fingerprint density at radius 3 is 2.56 bits per heavy atom. The van der Waals surface area contributed by atoms with Gasteiger partial charge < -0.3 is 0 Å². The highest BCUT2D eigenvalue weighted by molar-refractivity contribution is 5.92. The molecule has 0 bridgehead atoms. The number of allylic oxidation sites excluding steroid dienone is 1. The zero-order valence-electron chi connectivity index (χ0n) is 5.98. The van der Waals surface area contributed by atoms with E-state index in [-0.39, 0.29) is 5.41 Å². The molecular formula is C8H12O. The molecule has 1 aliphatic carbocycles. The predicted octanol–water partition coefficient (Wildman–Crippen LogP) is 1.79. The number of carbonyl (C=O) groups excluding carboxylic acids is 1. The van der Waals surface area contributed by atoms with Crippen molar-refractivity contribution >= 4 is 5.78 Å². The van der Waals surface area contributed by atoms with Gasteiger partial charge in [0.15, 0.2) is 0 Å². The molecule has 1 rings (SSSR count). The van der Waals surface area contributed by atoms with Crippen molar-refractivity contribution in [2.24, 2.45) is 11.3 Å². The molecule has 0 spiro atoms. The molecule has 1 saturated carbocycles. The SMILES string of the molecule is C=C[C@@]1(C)C(=O)C[C@@H]1C. The van der Waals surface area contributed by atoms with Gasteiger partial charge in [-0.2, -0.15) is 0 Å². The molecule has 0 aromatic heterocycles. The first-order valence-electron chi connectivity index (χ1n) is 3.28. The van der Waals surface area contributed by atoms with Crippen LogP contribution in [0.25, 0.3) is 0 Å². The van der Waals surface area contributed by atoms with Crippen LogP contribution in [0, 0.1) is 11.3 Å². The van der Waals surface area contributed by atoms with E-state index in [0.717, 1.165) is 6.42 Å². The average molecular weight is 124 g/mol. The van der Waals surface area contributed by atoms with Crippen molar-refractivity contribution in [2.45, 2.75) is 20.3 Å². The van der Waals surface area contributed by atoms with Crippen LogP contribution >= 0.6 is 0 Å². The Labute approximate surface area is 55.8 Å². The quantitative estimate of drug-likeness (QED) is 0.487. The zero-order chi connectivity index (χ0) is 7.07. The summed E-state index contributed by atoms with van der Waals surface area (Å²) in [6, 6.07) is 0. The molecule has 0 radical (unpaired) electrons. The third-order valence-electron chi connectivity index (χ3n) is 2.54. The number of Topliss-reactive ketones (excluding diaryl/α,β-unsaturated/α-hetero) is 1. The second-order valence-electron chi connectivity index (χ2n) is 3.02. The van der Waals surface area contributed by atoms with Crippen molar-refractivity contribution < 1.29 is 4.79 Å². The van der Waals surface area contributed by atoms with Crippen molar-refractivity contribution in [1.29, 1.82) is 0 Å². The minimum atomic E-state index is -0.194. The van der Waals surface area contributed by atoms with Gasteiger partial charge in [-0.3, -0.25) is 4.79 Å². The van der Waals surface area contributed by atoms with Crippen molar-refractivity contribution in [3.8, 4) is 0 Å². The van der Waals surface area contributed by atoms with Gasteiger partial charge in [-0.25, -0.2) is 0 Å². The molecule has 0 unspecified atom stereocenters. The summed E-state index contributed by atoms with van der Waals surface area (Å²) in [6.45, 7) is 7.68. The summed E-state index contributed by atoms with van der Waals surface area (Å²) in [5.74, 6) is 0.840. The van der Waals surface area contributed by atoms with E-state index in [4.69, 9.17) is 0 Å². The maximum Gasteiger partial charge on any atom is 0.143 e. The highest BCUT2D eigenvalue weighted by Gasteiger charge is 2.45. The normalized spacial score (nSPS) is 42.0. The number of ketones is 1. The summed E-state index contributed by atoms with van der Waals surface area (Å²) in [4.78, 5) is 10.9. The molecule has 1 heteroatoms. The summed E-state index contributed by atoms with van der Waals surface area (Å²) in [6.07, 6.45) is 2.51. The Hall–Kier alpha value is -0.590. The standard InChI is InChI=1S/C8H12O/c1-4-8(3)6(2)5-7(8)9/h4,6H,1,5H2,2-3H3/t6-,8+/m0/s1. The Balaban J connectivity index is 2.77. The van der Waals surface area contributed by atoms with Gasteiger partial charge in [-0.05, 0) is 12.8 Å². The molecule has 2 atom stereocenters. The molecule has 0 aliphatic heterocycles. The summed E-state index contributed by atoms with van der Waals surface area (Å²) in [7, 11) is 0. The molecule has 0 amide bonds. The number of hydrogen-bond acceptors (Lipinski definition) is 1. The van der Waals surface area contributed by atoms with Crippen LogP contribution in [-0.4, -0.2) is 5.78 Å². The lowest BCUT2D eigenvalue weighted by Crippen LogP contribution is -2.44. The van der Waals surface area contributed by atoms with Crippen molar-refractivity contribution in [1.82, 2.24) is 0 Å². The Kier molecular flexibility index (Phi) is 1.23. The van der Waals surface area contributed by atoms with Crippen LogP contribution in [0.4, 0.5) is 0 Å². The average Bonchev–Trinajstić information content (AvgIpc) is 1.87. The van der Waals surface area contributed by atoms with Crippen LogP contribution in [0.15, 0.2) is 12.7 Å². The van der Waals surface area contributed by atoms with E-state index in [1.165, 1.54) is 0 Å². The van der Waals surface area contributed by atoms with Crippen molar-refractivity contribution in [3.63, 3.8) is 0 Å². The molecule has 9 heavy (non-hydrogen) atoms. The molecule has 1 nitrogen and oxygen atoms in total. The van der Waals surface area contributed by atoms with E-state index in [1.807, 2.05) is 6.92 Å². The fraction of sp³-hybridized carbons (Fsp3) is 0.625. The highest BCUT2D eigenvalue weighted by atomic mass is 16.1. The Morgan fingerprint density at radius 2 is 2.44 bits per heavy atom. The van der Waals surface area contributed by atoms with E-state index < -0.39 is 0 Å². The Bertz CT molecular complexity index is 160. The largest absolute Gasteiger partial charge is 0.299 e. The van der Waals surface area contributed by atoms with Crippen LogP contribution in [0.5, 0.6) is 0 Å². The van der Waals surface area contributed by atoms with Gasteiger partial charge in [0.1, 0.15) is 5.78 Å². The fourth-order valence-corrected chi connectivity index (χ4v) is 1.17. The van der Waals surface area contributed by atoms with Crippen LogP contribution in [-0.2, 0) is 4.79 Å². The molecule has 1 fully saturated rings. The predicted molar refractivity (Wildman–Crippen MR) is 37.1 cm³/mol. The van der Waals surface area contributed by atoms with Crippen LogP contribution < -0.4 is 0 Å². The minimum Gasteiger partial charge on any atom is -0.299 e. The van der Waals surface area contributed by atoms with Crippen LogP contribution in [0.3, 0.4) is 0 Å².